The van der Waals surface area contributed by atoms with Crippen molar-refractivity contribution < 1.29 is 4.92 Å². The van der Waals surface area contributed by atoms with Crippen LogP contribution in [0.1, 0.15) is 5.69 Å². The Kier molecular flexibility index (Phi) is 5.25. The zero-order valence-corrected chi connectivity index (χ0v) is 16.0. The van der Waals surface area contributed by atoms with E-state index in [4.69, 9.17) is 0 Å². The van der Waals surface area contributed by atoms with Gasteiger partial charge in [-0.05, 0) is 43.3 Å². The van der Waals surface area contributed by atoms with Gasteiger partial charge in [0.05, 0.1) is 10.6 Å². The van der Waals surface area contributed by atoms with Crippen molar-refractivity contribution in [1.29, 1.82) is 0 Å². The van der Waals surface area contributed by atoms with Gasteiger partial charge in [-0.2, -0.15) is 0 Å². The maximum absolute atomic E-state index is 10.9. The molecule has 9 heteroatoms. The molecule has 0 amide bonds. The van der Waals surface area contributed by atoms with Crippen LogP contribution in [0.15, 0.2) is 73.1 Å². The second-order valence-electron chi connectivity index (χ2n) is 6.48. The predicted octanol–water partition coefficient (Wildman–Crippen LogP) is 4.64. The molecule has 0 aliphatic carbocycles. The number of nitrogens with one attached hydrogen (secondary N) is 2. The van der Waals surface area contributed by atoms with E-state index in [0.717, 1.165) is 22.9 Å². The van der Waals surface area contributed by atoms with E-state index >= 15 is 0 Å². The van der Waals surface area contributed by atoms with Crippen LogP contribution in [0.2, 0.25) is 0 Å². The van der Waals surface area contributed by atoms with Crippen molar-refractivity contribution in [2.75, 3.05) is 10.6 Å². The Balaban J connectivity index is 1.43. The number of hydrogen-bond acceptors (Lipinski definition) is 8. The van der Waals surface area contributed by atoms with Crippen molar-refractivity contribution in [3.05, 3.63) is 88.9 Å². The number of benzene rings is 2. The van der Waals surface area contributed by atoms with Gasteiger partial charge in [-0.3, -0.25) is 10.1 Å². The average molecular weight is 399 g/mol. The summed E-state index contributed by atoms with van der Waals surface area (Å²) in [4.78, 5) is 18.8. The standard InChI is InChI=1S/C21H17N7O2/c1-14-11-21(23-13-22-14)25-17-7-5-16(6-8-17)24-20-10-9-19(26-27-20)15-3-2-4-18(12-15)28(29)30/h2-13H,1H3,(H,24,27)(H,22,23,25). The molecule has 0 saturated carbocycles. The number of anilines is 4. The molecule has 0 radical (unpaired) electrons. The fourth-order valence-electron chi connectivity index (χ4n) is 2.79. The number of nitro benzene ring substituents is 1. The summed E-state index contributed by atoms with van der Waals surface area (Å²) in [6.45, 7) is 1.91. The van der Waals surface area contributed by atoms with E-state index in [1.807, 2.05) is 37.3 Å². The molecule has 30 heavy (non-hydrogen) atoms. The minimum atomic E-state index is -0.433. The van der Waals surface area contributed by atoms with Gasteiger partial charge >= 0.3 is 0 Å². The molecule has 0 unspecified atom stereocenters. The normalized spacial score (nSPS) is 10.4. The van der Waals surface area contributed by atoms with Gasteiger partial charge in [-0.1, -0.05) is 12.1 Å². The van der Waals surface area contributed by atoms with Crippen molar-refractivity contribution in [3.63, 3.8) is 0 Å². The summed E-state index contributed by atoms with van der Waals surface area (Å²) in [5, 5.41) is 25.7. The van der Waals surface area contributed by atoms with Crippen LogP contribution in [0.4, 0.5) is 28.7 Å². The number of hydrogen-bond donors (Lipinski definition) is 2. The lowest BCUT2D eigenvalue weighted by molar-refractivity contribution is -0.384. The second kappa shape index (κ2) is 8.31. The molecule has 148 valence electrons. The minimum Gasteiger partial charge on any atom is -0.340 e. The molecule has 2 N–H and O–H groups in total. The maximum Gasteiger partial charge on any atom is 0.270 e. The lowest BCUT2D eigenvalue weighted by Crippen LogP contribution is -1.98. The Morgan fingerprint density at radius 2 is 1.57 bits per heavy atom. The zero-order chi connectivity index (χ0) is 20.9. The summed E-state index contributed by atoms with van der Waals surface area (Å²) in [7, 11) is 0. The van der Waals surface area contributed by atoms with Crippen LogP contribution >= 0.6 is 0 Å². The number of non-ortho nitro benzene ring substituents is 1. The summed E-state index contributed by atoms with van der Waals surface area (Å²) in [5.74, 6) is 1.29. The fraction of sp³-hybridized carbons (Fsp3) is 0.0476. The van der Waals surface area contributed by atoms with Gasteiger partial charge in [0.15, 0.2) is 5.82 Å². The van der Waals surface area contributed by atoms with Crippen molar-refractivity contribution in [3.8, 4) is 11.3 Å². The first-order valence-electron chi connectivity index (χ1n) is 9.08. The topological polar surface area (TPSA) is 119 Å². The molecule has 0 aliphatic heterocycles. The van der Waals surface area contributed by atoms with Crippen LogP contribution in [0.25, 0.3) is 11.3 Å². The number of nitro groups is 1. The first-order chi connectivity index (χ1) is 14.6. The molecule has 0 saturated heterocycles. The van der Waals surface area contributed by atoms with E-state index in [1.54, 1.807) is 24.3 Å². The SMILES string of the molecule is Cc1cc(Nc2ccc(Nc3ccc(-c4cccc([N+](=O)[O-])c4)nn3)cc2)ncn1. The van der Waals surface area contributed by atoms with E-state index in [2.05, 4.69) is 30.8 Å². The predicted molar refractivity (Wildman–Crippen MR) is 114 cm³/mol. The van der Waals surface area contributed by atoms with Crippen LogP contribution in [0, 0.1) is 17.0 Å². The van der Waals surface area contributed by atoms with Crippen LogP contribution < -0.4 is 10.6 Å². The van der Waals surface area contributed by atoms with Gasteiger partial charge in [-0.25, -0.2) is 9.97 Å². The number of aryl methyl sites for hydroxylation is 1. The molecular weight excluding hydrogens is 382 g/mol. The monoisotopic (exact) mass is 399 g/mol. The Labute approximate surface area is 172 Å². The molecule has 0 bridgehead atoms. The quantitative estimate of drug-likeness (QED) is 0.356. The molecule has 0 aliphatic rings. The fourth-order valence-corrected chi connectivity index (χ4v) is 2.79. The van der Waals surface area contributed by atoms with Gasteiger partial charge in [0.2, 0.25) is 0 Å². The van der Waals surface area contributed by atoms with E-state index in [-0.39, 0.29) is 5.69 Å². The molecule has 0 atom stereocenters. The summed E-state index contributed by atoms with van der Waals surface area (Å²) >= 11 is 0. The lowest BCUT2D eigenvalue weighted by Gasteiger charge is -2.09. The molecule has 4 rings (SSSR count). The Morgan fingerprint density at radius 1 is 0.833 bits per heavy atom. The zero-order valence-electron chi connectivity index (χ0n) is 16.0. The molecule has 2 aromatic heterocycles. The number of aromatic nitrogens is 4. The molecule has 2 aromatic carbocycles. The first kappa shape index (κ1) is 18.9. The molecular formula is C21H17N7O2. The van der Waals surface area contributed by atoms with Gasteiger partial charge in [0.1, 0.15) is 12.1 Å². The highest BCUT2D eigenvalue weighted by molar-refractivity contribution is 5.66. The van der Waals surface area contributed by atoms with Crippen molar-refractivity contribution >= 4 is 28.7 Å². The summed E-state index contributed by atoms with van der Waals surface area (Å²) < 4.78 is 0. The lowest BCUT2D eigenvalue weighted by atomic mass is 10.1. The molecule has 9 nitrogen and oxygen atoms in total. The highest BCUT2D eigenvalue weighted by Crippen LogP contribution is 2.24. The molecule has 0 spiro atoms. The van der Waals surface area contributed by atoms with Gasteiger partial charge in [-0.15, -0.1) is 10.2 Å². The van der Waals surface area contributed by atoms with E-state index in [0.29, 0.717) is 17.1 Å². The van der Waals surface area contributed by atoms with Crippen molar-refractivity contribution in [1.82, 2.24) is 20.2 Å². The summed E-state index contributed by atoms with van der Waals surface area (Å²) in [6, 6.07) is 19.4. The van der Waals surface area contributed by atoms with E-state index < -0.39 is 4.92 Å². The Hall–Kier alpha value is -4.40. The van der Waals surface area contributed by atoms with Crippen LogP contribution in [-0.4, -0.2) is 25.1 Å². The second-order valence-corrected chi connectivity index (χ2v) is 6.48. The summed E-state index contributed by atoms with van der Waals surface area (Å²) in [5.41, 5.74) is 3.84. The van der Waals surface area contributed by atoms with Gasteiger partial charge < -0.3 is 10.6 Å². The number of nitrogens with zero attached hydrogens (tertiary/aromatic N) is 5. The third kappa shape index (κ3) is 4.53. The smallest absolute Gasteiger partial charge is 0.270 e. The first-order valence-corrected chi connectivity index (χ1v) is 9.08. The van der Waals surface area contributed by atoms with Gasteiger partial charge in [0, 0.05) is 40.8 Å². The number of rotatable bonds is 6. The molecule has 2 heterocycles. The average Bonchev–Trinajstić information content (AvgIpc) is 2.76. The highest BCUT2D eigenvalue weighted by atomic mass is 16.6. The highest BCUT2D eigenvalue weighted by Gasteiger charge is 2.08. The third-order valence-corrected chi connectivity index (χ3v) is 4.25. The van der Waals surface area contributed by atoms with Gasteiger partial charge in [0.25, 0.3) is 5.69 Å². The minimum absolute atomic E-state index is 0.0160. The third-order valence-electron chi connectivity index (χ3n) is 4.25. The van der Waals surface area contributed by atoms with Crippen LogP contribution in [0.3, 0.4) is 0 Å². The maximum atomic E-state index is 10.9. The van der Waals surface area contributed by atoms with Crippen LogP contribution in [-0.2, 0) is 0 Å². The Bertz CT molecular complexity index is 1180. The van der Waals surface area contributed by atoms with Crippen LogP contribution in [0.5, 0.6) is 0 Å². The molecule has 4 aromatic rings. The van der Waals surface area contributed by atoms with E-state index in [9.17, 15) is 10.1 Å². The largest absolute Gasteiger partial charge is 0.340 e. The Morgan fingerprint density at radius 3 is 2.20 bits per heavy atom. The molecule has 0 fully saturated rings. The summed E-state index contributed by atoms with van der Waals surface area (Å²) in [6.07, 6.45) is 1.52. The van der Waals surface area contributed by atoms with Crippen molar-refractivity contribution in [2.45, 2.75) is 6.92 Å². The van der Waals surface area contributed by atoms with Crippen molar-refractivity contribution in [2.24, 2.45) is 0 Å². The van der Waals surface area contributed by atoms with E-state index in [1.165, 1.54) is 18.5 Å².